The molecule has 0 saturated heterocycles. The lowest BCUT2D eigenvalue weighted by molar-refractivity contribution is 0.430. The summed E-state index contributed by atoms with van der Waals surface area (Å²) in [5, 5.41) is 1.88. The third kappa shape index (κ3) is 4.16. The number of rotatable bonds is 3. The second-order valence-electron chi connectivity index (χ2n) is 14.0. The first-order valence-electron chi connectivity index (χ1n) is 18.1. The minimum Gasteiger partial charge on any atom is -0.457 e. The summed E-state index contributed by atoms with van der Waals surface area (Å²) in [5.41, 5.74) is 9.62. The van der Waals surface area contributed by atoms with Gasteiger partial charge in [0.05, 0.1) is 26.2 Å². The molecule has 1 spiro atoms. The highest BCUT2D eigenvalue weighted by Gasteiger charge is 2.54. The molecule has 0 bridgehead atoms. The molecule has 2 aliphatic rings. The molecule has 0 atom stereocenters. The maximum absolute atomic E-state index is 15.0. The van der Waals surface area contributed by atoms with Crippen LogP contribution in [-0.4, -0.2) is 13.0 Å². The van der Waals surface area contributed by atoms with Gasteiger partial charge in [0.1, 0.15) is 11.5 Å². The molecule has 4 nitrogen and oxygen atoms in total. The summed E-state index contributed by atoms with van der Waals surface area (Å²) in [7, 11) is -3.93. The van der Waals surface area contributed by atoms with E-state index in [0.717, 1.165) is 72.0 Å². The van der Waals surface area contributed by atoms with Crippen LogP contribution in [0.2, 0.25) is 0 Å². The van der Waals surface area contributed by atoms with E-state index in [4.69, 9.17) is 4.74 Å². The Balaban J connectivity index is 1.33. The van der Waals surface area contributed by atoms with Gasteiger partial charge in [0.25, 0.3) is 0 Å². The standard InChI is InChI=1S/C49H31NO3S/c51-54(52)45-26-14-10-22-40(45)49(38-20-8-12-24-43(38)53-44-25-13-9-21-39(44)49)48-46(54)28-27-42-47(48)37-19-7-11-23-41(37)50(42)36-30-34(32-15-3-1-4-16-32)29-35(31-36)33-17-5-2-6-18-33/h1-31H. The van der Waals surface area contributed by atoms with Crippen LogP contribution in [0, 0.1) is 0 Å². The Morgan fingerprint density at radius 1 is 0.444 bits per heavy atom. The lowest BCUT2D eigenvalue weighted by atomic mass is 9.62. The van der Waals surface area contributed by atoms with Gasteiger partial charge in [-0.05, 0) is 82.4 Å². The number of ether oxygens (including phenoxy) is 1. The zero-order valence-corrected chi connectivity index (χ0v) is 29.8. The van der Waals surface area contributed by atoms with E-state index in [0.29, 0.717) is 21.3 Å². The monoisotopic (exact) mass is 713 g/mol. The fourth-order valence-corrected chi connectivity index (χ4v) is 10.8. The van der Waals surface area contributed by atoms with Gasteiger partial charge in [-0.3, -0.25) is 0 Å². The van der Waals surface area contributed by atoms with Gasteiger partial charge in [0, 0.05) is 33.2 Å². The average molecular weight is 714 g/mol. The Bertz CT molecular complexity index is 2990. The summed E-state index contributed by atoms with van der Waals surface area (Å²) in [6.07, 6.45) is 0. The molecular formula is C49H31NO3S. The fourth-order valence-electron chi connectivity index (χ4n) is 9.07. The maximum atomic E-state index is 15.0. The summed E-state index contributed by atoms with van der Waals surface area (Å²) in [5.74, 6) is 1.42. The minimum atomic E-state index is -3.93. The highest BCUT2D eigenvalue weighted by Crippen LogP contribution is 2.62. The Labute approximate surface area is 313 Å². The molecule has 0 aliphatic carbocycles. The fraction of sp³-hybridized carbons (Fsp3) is 0.0204. The van der Waals surface area contributed by atoms with E-state index in [1.807, 2.05) is 84.9 Å². The third-order valence-corrected chi connectivity index (χ3v) is 13.1. The molecule has 0 saturated carbocycles. The van der Waals surface area contributed by atoms with Crippen molar-refractivity contribution in [2.24, 2.45) is 0 Å². The first-order valence-corrected chi connectivity index (χ1v) is 19.6. The summed E-state index contributed by atoms with van der Waals surface area (Å²) in [6, 6.07) is 63.5. The van der Waals surface area contributed by atoms with Crippen molar-refractivity contribution < 1.29 is 13.2 Å². The molecule has 0 unspecified atom stereocenters. The summed E-state index contributed by atoms with van der Waals surface area (Å²) < 4.78 is 38.9. The molecule has 256 valence electrons. The van der Waals surface area contributed by atoms with E-state index in [9.17, 15) is 8.42 Å². The highest BCUT2D eigenvalue weighted by atomic mass is 32.2. The van der Waals surface area contributed by atoms with Gasteiger partial charge in [-0.25, -0.2) is 8.42 Å². The van der Waals surface area contributed by atoms with Crippen LogP contribution >= 0.6 is 0 Å². The zero-order valence-electron chi connectivity index (χ0n) is 29.0. The number of para-hydroxylation sites is 3. The molecule has 8 aromatic carbocycles. The summed E-state index contributed by atoms with van der Waals surface area (Å²) >= 11 is 0. The van der Waals surface area contributed by atoms with Gasteiger partial charge in [0.2, 0.25) is 9.84 Å². The van der Waals surface area contributed by atoms with Gasteiger partial charge in [-0.15, -0.1) is 0 Å². The molecule has 0 amide bonds. The van der Waals surface area contributed by atoms with Gasteiger partial charge in [0.15, 0.2) is 0 Å². The zero-order chi connectivity index (χ0) is 36.0. The second-order valence-corrected chi connectivity index (χ2v) is 15.9. The van der Waals surface area contributed by atoms with Crippen LogP contribution in [0.15, 0.2) is 198 Å². The normalized spacial score (nSPS) is 14.5. The number of hydrogen-bond acceptors (Lipinski definition) is 3. The van der Waals surface area contributed by atoms with Crippen molar-refractivity contribution in [1.29, 1.82) is 0 Å². The molecule has 5 heteroatoms. The van der Waals surface area contributed by atoms with Crippen molar-refractivity contribution in [3.63, 3.8) is 0 Å². The van der Waals surface area contributed by atoms with Gasteiger partial charge >= 0.3 is 0 Å². The van der Waals surface area contributed by atoms with Crippen molar-refractivity contribution >= 4 is 31.6 Å². The molecule has 0 N–H and O–H groups in total. The first kappa shape index (κ1) is 30.9. The molecule has 2 aliphatic heterocycles. The van der Waals surface area contributed by atoms with Crippen LogP contribution in [0.3, 0.4) is 0 Å². The van der Waals surface area contributed by atoms with E-state index in [1.54, 1.807) is 6.07 Å². The van der Waals surface area contributed by atoms with Crippen LogP contribution in [0.1, 0.15) is 22.3 Å². The molecule has 3 heterocycles. The van der Waals surface area contributed by atoms with E-state index >= 15 is 0 Å². The number of sulfone groups is 1. The van der Waals surface area contributed by atoms with Crippen LogP contribution in [-0.2, 0) is 15.3 Å². The van der Waals surface area contributed by atoms with Crippen LogP contribution in [0.5, 0.6) is 11.5 Å². The first-order chi connectivity index (χ1) is 26.5. The highest BCUT2D eigenvalue weighted by molar-refractivity contribution is 7.91. The lowest BCUT2D eigenvalue weighted by Crippen LogP contribution is -2.39. The second kappa shape index (κ2) is 11.4. The minimum absolute atomic E-state index is 0.311. The molecule has 54 heavy (non-hydrogen) atoms. The molecule has 0 radical (unpaired) electrons. The molecule has 9 aromatic rings. The number of aromatic nitrogens is 1. The number of benzene rings is 8. The molecule has 11 rings (SSSR count). The topological polar surface area (TPSA) is 48.3 Å². The summed E-state index contributed by atoms with van der Waals surface area (Å²) in [4.78, 5) is 0.626. The van der Waals surface area contributed by atoms with Crippen LogP contribution < -0.4 is 4.74 Å². The largest absolute Gasteiger partial charge is 0.457 e. The Hall–Kier alpha value is -6.69. The van der Waals surface area contributed by atoms with Crippen LogP contribution in [0.4, 0.5) is 0 Å². The van der Waals surface area contributed by atoms with Crippen molar-refractivity contribution in [1.82, 2.24) is 4.57 Å². The Morgan fingerprint density at radius 3 is 1.63 bits per heavy atom. The van der Waals surface area contributed by atoms with Crippen molar-refractivity contribution in [2.75, 3.05) is 0 Å². The van der Waals surface area contributed by atoms with Crippen LogP contribution in [0.25, 0.3) is 49.7 Å². The van der Waals surface area contributed by atoms with E-state index < -0.39 is 15.3 Å². The number of nitrogens with zero attached hydrogens (tertiary/aromatic N) is 1. The molecule has 0 fully saturated rings. The van der Waals surface area contributed by atoms with E-state index in [1.165, 1.54) is 0 Å². The summed E-state index contributed by atoms with van der Waals surface area (Å²) in [6.45, 7) is 0. The van der Waals surface area contributed by atoms with Crippen molar-refractivity contribution in [3.05, 3.63) is 210 Å². The van der Waals surface area contributed by atoms with E-state index in [-0.39, 0.29) is 0 Å². The predicted molar refractivity (Wildman–Crippen MR) is 215 cm³/mol. The van der Waals surface area contributed by atoms with Gasteiger partial charge in [-0.2, -0.15) is 0 Å². The molecular weight excluding hydrogens is 683 g/mol. The smallest absolute Gasteiger partial charge is 0.207 e. The predicted octanol–water partition coefficient (Wildman–Crippen LogP) is 11.8. The van der Waals surface area contributed by atoms with Gasteiger partial charge < -0.3 is 9.30 Å². The van der Waals surface area contributed by atoms with E-state index in [2.05, 4.69) is 102 Å². The number of fused-ring (bicyclic) bond motifs is 12. The number of hydrogen-bond donors (Lipinski definition) is 0. The maximum Gasteiger partial charge on any atom is 0.207 e. The average Bonchev–Trinajstić information content (AvgIpc) is 3.57. The Kier molecular flexibility index (Phi) is 6.52. The SMILES string of the molecule is O=S1(=O)c2ccccc2C2(c3ccccc3Oc3ccccc32)c2c1ccc1c2c2ccccc2n1-c1cc(-c2ccccc2)cc(-c2ccccc2)c1. The van der Waals surface area contributed by atoms with Crippen molar-refractivity contribution in [2.45, 2.75) is 15.2 Å². The third-order valence-electron chi connectivity index (χ3n) is 11.2. The van der Waals surface area contributed by atoms with Crippen molar-refractivity contribution in [3.8, 4) is 39.4 Å². The Morgan fingerprint density at radius 2 is 0.981 bits per heavy atom. The molecule has 1 aromatic heterocycles. The quantitative estimate of drug-likeness (QED) is 0.183. The van der Waals surface area contributed by atoms with Gasteiger partial charge in [-0.1, -0.05) is 133 Å². The lowest BCUT2D eigenvalue weighted by Gasteiger charge is -2.45.